The van der Waals surface area contributed by atoms with Crippen LogP contribution in [0.5, 0.6) is 0 Å². The van der Waals surface area contributed by atoms with Crippen molar-refractivity contribution < 1.29 is 17.6 Å². The van der Waals surface area contributed by atoms with Gasteiger partial charge in [-0.3, -0.25) is 0 Å². The summed E-state index contributed by atoms with van der Waals surface area (Å²) in [6.45, 7) is 0.164. The molecule has 0 spiro atoms. The number of aromatic nitrogens is 4. The molecule has 2 heterocycles. The average molecular weight is 432 g/mol. The largest absolute Gasteiger partial charge is 0.438 e. The number of rotatable bonds is 5. The summed E-state index contributed by atoms with van der Waals surface area (Å²) >= 11 is 0. The highest BCUT2D eigenvalue weighted by Crippen LogP contribution is 2.33. The van der Waals surface area contributed by atoms with E-state index in [1.807, 2.05) is 0 Å². The Morgan fingerprint density at radius 2 is 1.44 bits per heavy atom. The Kier molecular flexibility index (Phi) is 5.03. The molecule has 0 aliphatic heterocycles. The second-order valence-corrected chi connectivity index (χ2v) is 7.11. The fraction of sp³-hybridized carbons (Fsp3) is 0.0417. The molecule has 0 fully saturated rings. The minimum atomic E-state index is -0.371. The molecule has 8 heteroatoms. The van der Waals surface area contributed by atoms with Crippen LogP contribution in [0, 0.1) is 17.5 Å². The van der Waals surface area contributed by atoms with Gasteiger partial charge in [0.1, 0.15) is 35.4 Å². The first kappa shape index (κ1) is 19.7. The lowest BCUT2D eigenvalue weighted by Crippen LogP contribution is -2.00. The van der Waals surface area contributed by atoms with Gasteiger partial charge in [-0.2, -0.15) is 0 Å². The summed E-state index contributed by atoms with van der Waals surface area (Å²) in [6.07, 6.45) is 1.66. The van der Waals surface area contributed by atoms with Crippen LogP contribution in [0.2, 0.25) is 0 Å². The third-order valence-electron chi connectivity index (χ3n) is 4.85. The summed E-state index contributed by atoms with van der Waals surface area (Å²) in [6, 6.07) is 17.8. The van der Waals surface area contributed by atoms with Crippen LogP contribution >= 0.6 is 0 Å². The lowest BCUT2D eigenvalue weighted by Gasteiger charge is -2.01. The molecule has 3 aromatic carbocycles. The van der Waals surface area contributed by atoms with Gasteiger partial charge in [0.05, 0.1) is 6.20 Å². The summed E-state index contributed by atoms with van der Waals surface area (Å²) in [5.74, 6) is -0.341. The van der Waals surface area contributed by atoms with Crippen molar-refractivity contribution in [3.63, 3.8) is 0 Å². The van der Waals surface area contributed by atoms with E-state index in [-0.39, 0.29) is 24.0 Å². The number of nitrogens with zero attached hydrogens (tertiary/aromatic N) is 4. The zero-order valence-electron chi connectivity index (χ0n) is 16.5. The molecule has 158 valence electrons. The summed E-state index contributed by atoms with van der Waals surface area (Å²) in [5, 5.41) is 8.15. The van der Waals surface area contributed by atoms with Crippen LogP contribution in [0.15, 0.2) is 83.4 Å². The highest BCUT2D eigenvalue weighted by Gasteiger charge is 2.18. The quantitative estimate of drug-likeness (QED) is 0.356. The minimum Gasteiger partial charge on any atom is -0.438 e. The van der Waals surface area contributed by atoms with Gasteiger partial charge >= 0.3 is 0 Å². The molecular formula is C24H15F3N4O. The van der Waals surface area contributed by atoms with Crippen molar-refractivity contribution >= 4 is 0 Å². The Hall–Kier alpha value is -4.20. The van der Waals surface area contributed by atoms with Crippen LogP contribution in [0.25, 0.3) is 33.8 Å². The zero-order valence-corrected chi connectivity index (χ0v) is 16.5. The molecule has 0 atom stereocenters. The maximum atomic E-state index is 13.5. The molecule has 0 aliphatic rings. The van der Waals surface area contributed by atoms with E-state index < -0.39 is 0 Å². The first-order chi connectivity index (χ1) is 15.5. The van der Waals surface area contributed by atoms with Crippen molar-refractivity contribution in [3.05, 3.63) is 102 Å². The maximum absolute atomic E-state index is 13.5. The van der Waals surface area contributed by atoms with Crippen LogP contribution in [0.4, 0.5) is 13.2 Å². The molecule has 0 aliphatic carbocycles. The Labute approximate surface area is 180 Å². The van der Waals surface area contributed by atoms with Crippen LogP contribution in [0.1, 0.15) is 5.89 Å². The molecule has 0 N–H and O–H groups in total. The van der Waals surface area contributed by atoms with Gasteiger partial charge in [0.15, 0.2) is 5.76 Å². The smallest absolute Gasteiger partial charge is 0.217 e. The minimum absolute atomic E-state index is 0.164. The van der Waals surface area contributed by atoms with E-state index in [9.17, 15) is 13.2 Å². The van der Waals surface area contributed by atoms with E-state index in [1.165, 1.54) is 41.1 Å². The van der Waals surface area contributed by atoms with Gasteiger partial charge in [-0.25, -0.2) is 22.8 Å². The molecule has 0 unspecified atom stereocenters. The third kappa shape index (κ3) is 4.02. The van der Waals surface area contributed by atoms with Crippen molar-refractivity contribution in [2.45, 2.75) is 6.54 Å². The maximum Gasteiger partial charge on any atom is 0.217 e. The van der Waals surface area contributed by atoms with E-state index >= 15 is 0 Å². The Balaban J connectivity index is 1.50. The predicted octanol–water partition coefficient (Wildman–Crippen LogP) is 5.73. The lowest BCUT2D eigenvalue weighted by atomic mass is 10.1. The molecule has 5 rings (SSSR count). The van der Waals surface area contributed by atoms with Crippen LogP contribution in [-0.4, -0.2) is 20.0 Å². The molecule has 0 amide bonds. The first-order valence-corrected chi connectivity index (χ1v) is 9.73. The lowest BCUT2D eigenvalue weighted by molar-refractivity contribution is 0.469. The summed E-state index contributed by atoms with van der Waals surface area (Å²) in [7, 11) is 0. The highest BCUT2D eigenvalue weighted by atomic mass is 19.1. The fourth-order valence-electron chi connectivity index (χ4n) is 3.33. The van der Waals surface area contributed by atoms with Crippen molar-refractivity contribution in [3.8, 4) is 33.8 Å². The van der Waals surface area contributed by atoms with Gasteiger partial charge < -0.3 is 4.42 Å². The molecule has 0 bridgehead atoms. The van der Waals surface area contributed by atoms with E-state index in [0.29, 0.717) is 39.7 Å². The van der Waals surface area contributed by atoms with Gasteiger partial charge in [-0.15, -0.1) is 5.10 Å². The summed E-state index contributed by atoms with van der Waals surface area (Å²) in [4.78, 5) is 4.57. The SMILES string of the molecule is Fc1ccc(-c2nc(Cn3cc(-c4cccc(F)c4)nn3)oc2-c2ccc(F)cc2)cc1. The van der Waals surface area contributed by atoms with Crippen LogP contribution < -0.4 is 0 Å². The Morgan fingerprint density at radius 1 is 0.750 bits per heavy atom. The van der Waals surface area contributed by atoms with Crippen molar-refractivity contribution in [2.75, 3.05) is 0 Å². The van der Waals surface area contributed by atoms with Crippen LogP contribution in [-0.2, 0) is 6.54 Å². The van der Waals surface area contributed by atoms with Crippen molar-refractivity contribution in [1.29, 1.82) is 0 Å². The van der Waals surface area contributed by atoms with Crippen LogP contribution in [0.3, 0.4) is 0 Å². The molecule has 2 aromatic heterocycles. The van der Waals surface area contributed by atoms with Gasteiger partial charge in [0.2, 0.25) is 5.89 Å². The van der Waals surface area contributed by atoms with E-state index in [2.05, 4.69) is 15.3 Å². The molecule has 5 aromatic rings. The third-order valence-corrected chi connectivity index (χ3v) is 4.85. The highest BCUT2D eigenvalue weighted by molar-refractivity contribution is 5.76. The van der Waals surface area contributed by atoms with Crippen molar-refractivity contribution in [2.24, 2.45) is 0 Å². The normalized spacial score (nSPS) is 11.1. The second kappa shape index (κ2) is 8.14. The van der Waals surface area contributed by atoms with Gasteiger partial charge in [0, 0.05) is 16.7 Å². The molecule has 5 nitrogen and oxygen atoms in total. The molecule has 32 heavy (non-hydrogen) atoms. The second-order valence-electron chi connectivity index (χ2n) is 7.11. The Bertz CT molecular complexity index is 1310. The monoisotopic (exact) mass is 432 g/mol. The topological polar surface area (TPSA) is 56.7 Å². The summed E-state index contributed by atoms with van der Waals surface area (Å²) < 4.78 is 47.8. The number of hydrogen-bond acceptors (Lipinski definition) is 4. The van der Waals surface area contributed by atoms with Gasteiger partial charge in [-0.1, -0.05) is 17.3 Å². The van der Waals surface area contributed by atoms with Gasteiger partial charge in [0.25, 0.3) is 0 Å². The molecule has 0 radical (unpaired) electrons. The number of halogens is 3. The Morgan fingerprint density at radius 3 is 2.12 bits per heavy atom. The molecule has 0 saturated carbocycles. The van der Waals surface area contributed by atoms with E-state index in [4.69, 9.17) is 4.42 Å². The average Bonchev–Trinajstić information content (AvgIpc) is 3.43. The number of oxazole rings is 1. The molecular weight excluding hydrogens is 417 g/mol. The fourth-order valence-corrected chi connectivity index (χ4v) is 3.33. The van der Waals surface area contributed by atoms with E-state index in [1.54, 1.807) is 42.6 Å². The standard InChI is InChI=1S/C24H15F3N4O/c25-18-8-4-15(5-9-18)23-24(16-6-10-19(26)11-7-16)32-22(28-23)14-31-13-21(29-30-31)17-2-1-3-20(27)12-17/h1-13H,14H2. The van der Waals surface area contributed by atoms with E-state index in [0.717, 1.165) is 0 Å². The predicted molar refractivity (Wildman–Crippen MR) is 112 cm³/mol. The van der Waals surface area contributed by atoms with Gasteiger partial charge in [-0.05, 0) is 60.7 Å². The molecule has 0 saturated heterocycles. The number of hydrogen-bond donors (Lipinski definition) is 0. The van der Waals surface area contributed by atoms with Crippen molar-refractivity contribution in [1.82, 2.24) is 20.0 Å². The summed E-state index contributed by atoms with van der Waals surface area (Å²) in [5.41, 5.74) is 2.89. The zero-order chi connectivity index (χ0) is 22.1. The first-order valence-electron chi connectivity index (χ1n) is 9.73. The number of benzene rings is 3.